The number of nitrogens with one attached hydrogen (secondary N) is 1. The van der Waals surface area contributed by atoms with Crippen molar-refractivity contribution in [2.75, 3.05) is 6.54 Å². The first kappa shape index (κ1) is 17.5. The summed E-state index contributed by atoms with van der Waals surface area (Å²) in [5.74, 6) is 0. The molecule has 1 aromatic heterocycles. The molecule has 0 fully saturated rings. The minimum atomic E-state index is 0.873. The number of rotatable bonds is 9. The molecule has 3 rings (SSSR count). The molecule has 3 nitrogen and oxygen atoms in total. The highest BCUT2D eigenvalue weighted by Crippen LogP contribution is 2.17. The molecule has 0 aliphatic heterocycles. The highest BCUT2D eigenvalue weighted by atomic mass is 16.3. The molecule has 0 aliphatic rings. The van der Waals surface area contributed by atoms with E-state index in [4.69, 9.17) is 9.52 Å². The van der Waals surface area contributed by atoms with E-state index >= 15 is 0 Å². The van der Waals surface area contributed by atoms with Crippen LogP contribution in [-0.2, 0) is 0 Å². The fourth-order valence-electron chi connectivity index (χ4n) is 3.18. The van der Waals surface area contributed by atoms with E-state index < -0.39 is 0 Å². The van der Waals surface area contributed by atoms with Gasteiger partial charge in [0, 0.05) is 17.3 Å². The zero-order valence-electron chi connectivity index (χ0n) is 15.1. The van der Waals surface area contributed by atoms with Crippen LogP contribution in [0.3, 0.4) is 0 Å². The third kappa shape index (κ3) is 4.62. The van der Waals surface area contributed by atoms with Crippen molar-refractivity contribution in [2.24, 2.45) is 5.10 Å². The van der Waals surface area contributed by atoms with Crippen LogP contribution in [0.2, 0.25) is 0 Å². The van der Waals surface area contributed by atoms with Crippen LogP contribution in [0.25, 0.3) is 21.9 Å². The molecule has 0 atom stereocenters. The van der Waals surface area contributed by atoms with Crippen LogP contribution in [0, 0.1) is 0 Å². The Morgan fingerprint density at radius 1 is 0.760 bits per heavy atom. The van der Waals surface area contributed by atoms with Gasteiger partial charge in [-0.05, 0) is 30.7 Å². The number of unbranched alkanes of at least 4 members (excludes halogenated alkanes) is 6. The summed E-state index contributed by atoms with van der Waals surface area (Å²) in [6.45, 7) is 3.18. The lowest BCUT2D eigenvalue weighted by molar-refractivity contribution is 0.567. The molecule has 0 unspecified atom stereocenters. The average molecular weight is 336 g/mol. The highest BCUT2D eigenvalue weighted by Gasteiger charge is 2.04. The maximum Gasteiger partial charge on any atom is 0.136 e. The molecule has 0 saturated heterocycles. The molecule has 1 N–H and O–H groups in total. The zero-order valence-corrected chi connectivity index (χ0v) is 15.1. The third-order valence-electron chi connectivity index (χ3n) is 4.59. The van der Waals surface area contributed by atoms with Gasteiger partial charge < -0.3 is 9.84 Å². The van der Waals surface area contributed by atoms with Crippen LogP contribution < -0.4 is 10.8 Å². The van der Waals surface area contributed by atoms with Crippen molar-refractivity contribution in [1.29, 1.82) is 0 Å². The van der Waals surface area contributed by atoms with Gasteiger partial charge in [0.15, 0.2) is 0 Å². The van der Waals surface area contributed by atoms with Gasteiger partial charge >= 0.3 is 0 Å². The molecule has 25 heavy (non-hydrogen) atoms. The Labute approximate surface area is 149 Å². The van der Waals surface area contributed by atoms with Gasteiger partial charge in [-0.1, -0.05) is 69.7 Å². The smallest absolute Gasteiger partial charge is 0.136 e. The molecule has 3 aromatic rings. The van der Waals surface area contributed by atoms with E-state index in [1.165, 1.54) is 44.9 Å². The van der Waals surface area contributed by atoms with Crippen molar-refractivity contribution in [3.8, 4) is 0 Å². The summed E-state index contributed by atoms with van der Waals surface area (Å²) in [5.41, 5.74) is 5.02. The number of hydrogen-bond acceptors (Lipinski definition) is 3. The molecule has 2 aromatic carbocycles. The second-order valence-corrected chi connectivity index (χ2v) is 6.58. The van der Waals surface area contributed by atoms with Crippen molar-refractivity contribution in [3.05, 3.63) is 53.9 Å². The fraction of sp³-hybridized carbons (Fsp3) is 0.409. The minimum Gasteiger partial charge on any atom is -0.456 e. The number of fused-ring (bicyclic) bond motifs is 2. The Balaban J connectivity index is 1.68. The number of nitrogens with zero attached hydrogens (tertiary/aromatic N) is 1. The quantitative estimate of drug-likeness (QED) is 0.307. The lowest BCUT2D eigenvalue weighted by Crippen LogP contribution is -2.15. The fourth-order valence-corrected chi connectivity index (χ4v) is 3.18. The van der Waals surface area contributed by atoms with Crippen LogP contribution in [-0.4, -0.2) is 6.54 Å². The van der Waals surface area contributed by atoms with Crippen molar-refractivity contribution >= 4 is 21.9 Å². The summed E-state index contributed by atoms with van der Waals surface area (Å²) in [6.07, 6.45) is 9.19. The second-order valence-electron chi connectivity index (χ2n) is 6.58. The Bertz CT molecular complexity index is 809. The summed E-state index contributed by atoms with van der Waals surface area (Å²) < 4.78 is 5.99. The van der Waals surface area contributed by atoms with Gasteiger partial charge in [-0.25, -0.2) is 0 Å². The van der Waals surface area contributed by atoms with E-state index in [1.807, 2.05) is 36.4 Å². The molecule has 0 amide bonds. The largest absolute Gasteiger partial charge is 0.456 e. The van der Waals surface area contributed by atoms with Gasteiger partial charge in [-0.2, -0.15) is 5.10 Å². The van der Waals surface area contributed by atoms with Crippen molar-refractivity contribution in [3.63, 3.8) is 0 Å². The molecule has 0 spiro atoms. The molecule has 1 heterocycles. The Morgan fingerprint density at radius 3 is 1.96 bits per heavy atom. The molecule has 3 heteroatoms. The molecule has 0 aliphatic carbocycles. The molecule has 132 valence electrons. The lowest BCUT2D eigenvalue weighted by atomic mass is 10.1. The monoisotopic (exact) mass is 336 g/mol. The van der Waals surface area contributed by atoms with Gasteiger partial charge in [-0.3, -0.25) is 0 Å². The molecule has 0 bridgehead atoms. The van der Waals surface area contributed by atoms with Crippen LogP contribution in [0.15, 0.2) is 58.0 Å². The minimum absolute atomic E-state index is 0.873. The predicted molar refractivity (Wildman–Crippen MR) is 105 cm³/mol. The van der Waals surface area contributed by atoms with Crippen molar-refractivity contribution in [1.82, 2.24) is 5.43 Å². The molecule has 0 saturated carbocycles. The van der Waals surface area contributed by atoms with Crippen LogP contribution >= 0.6 is 0 Å². The summed E-state index contributed by atoms with van der Waals surface area (Å²) in [7, 11) is 0. The number of para-hydroxylation sites is 2. The van der Waals surface area contributed by atoms with Gasteiger partial charge in [0.1, 0.15) is 16.5 Å². The molecule has 0 radical (unpaired) electrons. The zero-order chi connectivity index (χ0) is 17.3. The van der Waals surface area contributed by atoms with Crippen LogP contribution in [0.5, 0.6) is 0 Å². The Kier molecular flexibility index (Phi) is 6.49. The van der Waals surface area contributed by atoms with E-state index in [2.05, 4.69) is 24.5 Å². The first-order chi connectivity index (χ1) is 12.4. The van der Waals surface area contributed by atoms with E-state index in [1.54, 1.807) is 0 Å². The van der Waals surface area contributed by atoms with E-state index in [0.29, 0.717) is 0 Å². The standard InChI is InChI=1S/C22H28N2O/c1-2-3-4-5-6-7-12-17-23-24-22-18-13-8-10-15-20(18)25-21-16-11-9-14-19(21)22/h8-11,13-16,23H,2-7,12,17H2,1H3. The summed E-state index contributed by atoms with van der Waals surface area (Å²) in [4.78, 5) is 0. The molecular weight excluding hydrogens is 308 g/mol. The van der Waals surface area contributed by atoms with Crippen molar-refractivity contribution in [2.45, 2.75) is 51.9 Å². The van der Waals surface area contributed by atoms with Crippen LogP contribution in [0.4, 0.5) is 0 Å². The van der Waals surface area contributed by atoms with E-state index in [-0.39, 0.29) is 0 Å². The van der Waals surface area contributed by atoms with Gasteiger partial charge in [0.25, 0.3) is 0 Å². The van der Waals surface area contributed by atoms with Crippen LogP contribution in [0.1, 0.15) is 51.9 Å². The summed E-state index contributed by atoms with van der Waals surface area (Å²) in [6, 6.07) is 16.2. The highest BCUT2D eigenvalue weighted by molar-refractivity contribution is 5.89. The molecular formula is C22H28N2O. The van der Waals surface area contributed by atoms with Crippen molar-refractivity contribution < 1.29 is 4.42 Å². The van der Waals surface area contributed by atoms with E-state index in [9.17, 15) is 0 Å². The number of hydrogen-bond donors (Lipinski definition) is 1. The summed E-state index contributed by atoms with van der Waals surface area (Å²) >= 11 is 0. The average Bonchev–Trinajstić information content (AvgIpc) is 2.66. The maximum absolute atomic E-state index is 5.99. The first-order valence-electron chi connectivity index (χ1n) is 9.57. The second kappa shape index (κ2) is 9.26. The third-order valence-corrected chi connectivity index (χ3v) is 4.59. The Hall–Kier alpha value is -2.29. The van der Waals surface area contributed by atoms with Gasteiger partial charge in [0.05, 0.1) is 0 Å². The van der Waals surface area contributed by atoms with Gasteiger partial charge in [-0.15, -0.1) is 0 Å². The predicted octanol–water partition coefficient (Wildman–Crippen LogP) is 5.74. The topological polar surface area (TPSA) is 37.5 Å². The SMILES string of the molecule is CCCCCCCCCNN=c1c2ccccc2oc2ccccc12. The lowest BCUT2D eigenvalue weighted by Gasteiger charge is -2.05. The Morgan fingerprint density at radius 2 is 1.32 bits per heavy atom. The first-order valence-corrected chi connectivity index (χ1v) is 9.57. The number of benzene rings is 2. The normalized spacial score (nSPS) is 11.1. The maximum atomic E-state index is 5.99. The summed E-state index contributed by atoms with van der Waals surface area (Å²) in [5, 5.41) is 7.77. The van der Waals surface area contributed by atoms with E-state index in [0.717, 1.165) is 33.8 Å². The van der Waals surface area contributed by atoms with Gasteiger partial charge in [0.2, 0.25) is 0 Å².